The number of rotatable bonds is 3. The van der Waals surface area contributed by atoms with Crippen LogP contribution in [0.5, 0.6) is 0 Å². The van der Waals surface area contributed by atoms with E-state index in [0.717, 1.165) is 0 Å². The van der Waals surface area contributed by atoms with Crippen LogP contribution in [0.15, 0.2) is 30.3 Å². The van der Waals surface area contributed by atoms with Gasteiger partial charge < -0.3 is 11.1 Å². The first kappa shape index (κ1) is 15.2. The zero-order valence-corrected chi connectivity index (χ0v) is 10.5. The molecule has 0 saturated heterocycles. The Balaban J connectivity index is 0.00000256. The molecule has 1 rings (SSSR count). The van der Waals surface area contributed by atoms with E-state index in [2.05, 4.69) is 17.6 Å². The van der Waals surface area contributed by atoms with Gasteiger partial charge in [0.1, 0.15) is 0 Å². The van der Waals surface area contributed by atoms with E-state index in [-0.39, 0.29) is 24.3 Å². The molecule has 1 unspecified atom stereocenters. The predicted octanol–water partition coefficient (Wildman–Crippen LogP) is 1.22. The number of hydrogen-bond donors (Lipinski definition) is 5. The highest BCUT2D eigenvalue weighted by molar-refractivity contribution is 5.94. The van der Waals surface area contributed by atoms with Crippen LogP contribution in [0, 0.1) is 10.8 Å². The first-order valence-corrected chi connectivity index (χ1v) is 5.08. The molecule has 6 N–H and O–H groups in total. The fourth-order valence-electron chi connectivity index (χ4n) is 1.33. The molecule has 1 aromatic rings. The average Bonchev–Trinajstić information content (AvgIpc) is 2.26. The van der Waals surface area contributed by atoms with E-state index in [0.29, 0.717) is 12.5 Å². The van der Waals surface area contributed by atoms with Gasteiger partial charge in [0.05, 0.1) is 0 Å². The molecule has 6 heteroatoms. The maximum Gasteiger partial charge on any atom is 0.195 e. The van der Waals surface area contributed by atoms with Crippen molar-refractivity contribution in [2.45, 2.75) is 12.8 Å². The van der Waals surface area contributed by atoms with Crippen LogP contribution in [0.4, 0.5) is 0 Å². The van der Waals surface area contributed by atoms with Crippen LogP contribution in [-0.2, 0) is 0 Å². The van der Waals surface area contributed by atoms with Crippen LogP contribution >= 0.6 is 12.4 Å². The van der Waals surface area contributed by atoms with E-state index in [1.54, 1.807) is 0 Å². The van der Waals surface area contributed by atoms with Gasteiger partial charge in [-0.05, 0) is 11.5 Å². The first-order valence-electron chi connectivity index (χ1n) is 5.08. The molecule has 0 bridgehead atoms. The van der Waals surface area contributed by atoms with Crippen molar-refractivity contribution in [3.05, 3.63) is 35.9 Å². The summed E-state index contributed by atoms with van der Waals surface area (Å²) >= 11 is 0. The van der Waals surface area contributed by atoms with Gasteiger partial charge in [0.15, 0.2) is 11.9 Å². The van der Waals surface area contributed by atoms with Crippen LogP contribution in [0.2, 0.25) is 0 Å². The van der Waals surface area contributed by atoms with Gasteiger partial charge in [-0.15, -0.1) is 12.4 Å². The third-order valence-corrected chi connectivity index (χ3v) is 2.21. The number of hydrogen-bond acceptors (Lipinski definition) is 2. The normalized spacial score (nSPS) is 10.9. The Morgan fingerprint density at radius 1 is 1.29 bits per heavy atom. The number of nitrogens with two attached hydrogens (primary N) is 1. The molecular weight excluding hydrogens is 238 g/mol. The molecule has 0 aromatic heterocycles. The van der Waals surface area contributed by atoms with Crippen molar-refractivity contribution >= 4 is 24.3 Å². The Labute approximate surface area is 107 Å². The molecule has 0 radical (unpaired) electrons. The van der Waals surface area contributed by atoms with E-state index in [9.17, 15) is 0 Å². The summed E-state index contributed by atoms with van der Waals surface area (Å²) in [5.74, 6) is 0.121. The zero-order valence-electron chi connectivity index (χ0n) is 9.66. The zero-order chi connectivity index (χ0) is 12.0. The smallest absolute Gasteiger partial charge is 0.195 e. The quantitative estimate of drug-likeness (QED) is 0.415. The number of guanidine groups is 2. The highest BCUT2D eigenvalue weighted by Gasteiger charge is 2.05. The monoisotopic (exact) mass is 255 g/mol. The second-order valence-electron chi connectivity index (χ2n) is 3.61. The summed E-state index contributed by atoms with van der Waals surface area (Å²) in [4.78, 5) is 0. The summed E-state index contributed by atoms with van der Waals surface area (Å²) in [5, 5.41) is 19.6. The van der Waals surface area contributed by atoms with Crippen LogP contribution in [0.25, 0.3) is 0 Å². The highest BCUT2D eigenvalue weighted by Crippen LogP contribution is 2.12. The second kappa shape index (κ2) is 7.51. The van der Waals surface area contributed by atoms with Crippen molar-refractivity contribution in [3.8, 4) is 0 Å². The third kappa shape index (κ3) is 5.77. The van der Waals surface area contributed by atoms with E-state index in [1.807, 2.05) is 30.3 Å². The summed E-state index contributed by atoms with van der Waals surface area (Å²) in [7, 11) is 0. The second-order valence-corrected chi connectivity index (χ2v) is 3.61. The van der Waals surface area contributed by atoms with E-state index in [4.69, 9.17) is 16.6 Å². The minimum Gasteiger partial charge on any atom is -0.370 e. The van der Waals surface area contributed by atoms with Crippen molar-refractivity contribution < 1.29 is 0 Å². The molecule has 0 amide bonds. The maximum absolute atomic E-state index is 7.43. The average molecular weight is 256 g/mol. The van der Waals surface area contributed by atoms with Crippen molar-refractivity contribution in [2.24, 2.45) is 5.73 Å². The lowest BCUT2D eigenvalue weighted by molar-refractivity contribution is 0.710. The van der Waals surface area contributed by atoms with E-state index >= 15 is 0 Å². The molecule has 1 aromatic carbocycles. The van der Waals surface area contributed by atoms with Gasteiger partial charge in [0, 0.05) is 6.54 Å². The molecule has 17 heavy (non-hydrogen) atoms. The lowest BCUT2D eigenvalue weighted by Gasteiger charge is -2.14. The number of benzene rings is 1. The Morgan fingerprint density at radius 3 is 2.41 bits per heavy atom. The maximum atomic E-state index is 7.43. The molecular formula is C11H18ClN5. The summed E-state index contributed by atoms with van der Waals surface area (Å²) in [6.07, 6.45) is 0. The van der Waals surface area contributed by atoms with Crippen molar-refractivity contribution in [2.75, 3.05) is 6.54 Å². The van der Waals surface area contributed by atoms with Crippen molar-refractivity contribution in [1.82, 2.24) is 10.6 Å². The standard InChI is InChI=1S/C11H17N5.ClH/c1-8(9-5-3-2-4-6-9)7-15-11(14)16-10(12)13;/h2-6,8H,7H2,1H3,(H6,12,13,14,15,16);1H. The Hall–Kier alpha value is -1.75. The summed E-state index contributed by atoms with van der Waals surface area (Å²) < 4.78 is 0. The Bertz CT molecular complexity index is 365. The SMILES string of the molecule is CC(CNC(=N)NC(=N)N)c1ccccc1.Cl. The fraction of sp³-hybridized carbons (Fsp3) is 0.273. The largest absolute Gasteiger partial charge is 0.370 e. The molecule has 0 aliphatic rings. The summed E-state index contributed by atoms with van der Waals surface area (Å²) in [6.45, 7) is 2.70. The van der Waals surface area contributed by atoms with E-state index in [1.165, 1.54) is 5.56 Å². The molecule has 0 heterocycles. The highest BCUT2D eigenvalue weighted by atomic mass is 35.5. The minimum atomic E-state index is -0.232. The molecule has 0 aliphatic heterocycles. The summed E-state index contributed by atoms with van der Waals surface area (Å²) in [5.41, 5.74) is 6.32. The minimum absolute atomic E-state index is 0. The number of nitrogens with one attached hydrogen (secondary N) is 4. The van der Waals surface area contributed by atoms with Gasteiger partial charge in [-0.25, -0.2) is 0 Å². The van der Waals surface area contributed by atoms with E-state index < -0.39 is 0 Å². The Kier molecular flexibility index (Phi) is 6.74. The van der Waals surface area contributed by atoms with Crippen LogP contribution in [-0.4, -0.2) is 18.5 Å². The summed E-state index contributed by atoms with van der Waals surface area (Å²) in [6, 6.07) is 10.1. The topological polar surface area (TPSA) is 97.8 Å². The molecule has 5 nitrogen and oxygen atoms in total. The molecule has 0 fully saturated rings. The molecule has 94 valence electrons. The predicted molar refractivity (Wildman–Crippen MR) is 72.9 cm³/mol. The van der Waals surface area contributed by atoms with Crippen LogP contribution in [0.1, 0.15) is 18.4 Å². The van der Waals surface area contributed by atoms with Crippen molar-refractivity contribution in [1.29, 1.82) is 10.8 Å². The van der Waals surface area contributed by atoms with Gasteiger partial charge in [-0.2, -0.15) is 0 Å². The Morgan fingerprint density at radius 2 is 1.88 bits per heavy atom. The molecule has 0 saturated carbocycles. The van der Waals surface area contributed by atoms with Gasteiger partial charge in [-0.3, -0.25) is 16.1 Å². The van der Waals surface area contributed by atoms with Crippen LogP contribution < -0.4 is 16.4 Å². The van der Waals surface area contributed by atoms with Gasteiger partial charge in [0.25, 0.3) is 0 Å². The molecule has 0 spiro atoms. The first-order chi connectivity index (χ1) is 7.59. The van der Waals surface area contributed by atoms with Gasteiger partial charge in [-0.1, -0.05) is 37.3 Å². The molecule has 0 aliphatic carbocycles. The van der Waals surface area contributed by atoms with Crippen molar-refractivity contribution in [3.63, 3.8) is 0 Å². The third-order valence-electron chi connectivity index (χ3n) is 2.21. The fourth-order valence-corrected chi connectivity index (χ4v) is 1.33. The number of halogens is 1. The lowest BCUT2D eigenvalue weighted by Crippen LogP contribution is -2.44. The van der Waals surface area contributed by atoms with Gasteiger partial charge in [0.2, 0.25) is 0 Å². The van der Waals surface area contributed by atoms with Crippen LogP contribution in [0.3, 0.4) is 0 Å². The van der Waals surface area contributed by atoms with Gasteiger partial charge >= 0.3 is 0 Å². The lowest BCUT2D eigenvalue weighted by atomic mass is 10.0. The molecule has 1 atom stereocenters.